The predicted molar refractivity (Wildman–Crippen MR) is 109 cm³/mol. The summed E-state index contributed by atoms with van der Waals surface area (Å²) in [6.07, 6.45) is 0. The van der Waals surface area contributed by atoms with E-state index in [1.165, 1.54) is 43.4 Å². The zero-order chi connectivity index (χ0) is 16.8. The van der Waals surface area contributed by atoms with Gasteiger partial charge in [0.2, 0.25) is 0 Å². The van der Waals surface area contributed by atoms with Gasteiger partial charge in [0.15, 0.2) is 0 Å². The minimum absolute atomic E-state index is 0.805. The summed E-state index contributed by atoms with van der Waals surface area (Å²) < 4.78 is 0. The van der Waals surface area contributed by atoms with Crippen LogP contribution in [0.15, 0.2) is 91.0 Å². The van der Waals surface area contributed by atoms with Gasteiger partial charge in [-0.1, -0.05) is 66.7 Å². The molecule has 0 fully saturated rings. The summed E-state index contributed by atoms with van der Waals surface area (Å²) in [5, 5.41) is 7.50. The second kappa shape index (κ2) is 5.35. The molecule has 0 unspecified atom stereocenters. The fourth-order valence-corrected chi connectivity index (χ4v) is 3.64. The molecular weight excluding hydrogens is 302 g/mol. The molecule has 2 N–H and O–H groups in total. The van der Waals surface area contributed by atoms with E-state index in [0.29, 0.717) is 0 Å². The minimum Gasteiger partial charge on any atom is -0.399 e. The first-order valence-electron chi connectivity index (χ1n) is 8.49. The van der Waals surface area contributed by atoms with Crippen molar-refractivity contribution < 1.29 is 0 Å². The molecule has 5 aromatic carbocycles. The summed E-state index contributed by atoms with van der Waals surface area (Å²) in [4.78, 5) is 0. The average molecular weight is 319 g/mol. The highest BCUT2D eigenvalue weighted by Gasteiger charge is 2.05. The molecule has 0 aliphatic carbocycles. The van der Waals surface area contributed by atoms with Gasteiger partial charge in [-0.2, -0.15) is 0 Å². The molecule has 0 radical (unpaired) electrons. The number of nitrogens with two attached hydrogens (primary N) is 1. The van der Waals surface area contributed by atoms with Crippen molar-refractivity contribution >= 4 is 38.0 Å². The van der Waals surface area contributed by atoms with Gasteiger partial charge in [0, 0.05) is 5.69 Å². The number of hydrogen-bond donors (Lipinski definition) is 1. The van der Waals surface area contributed by atoms with Gasteiger partial charge < -0.3 is 5.73 Å². The number of fused-ring (bicyclic) bond motifs is 4. The van der Waals surface area contributed by atoms with E-state index in [1.54, 1.807) is 0 Å². The van der Waals surface area contributed by atoms with Crippen LogP contribution in [-0.4, -0.2) is 0 Å². The SMILES string of the molecule is Nc1ccc2c(ccc3cc(-c4ccc5ccccc5c4)ccc32)c1. The molecule has 5 aromatic rings. The Morgan fingerprint density at radius 2 is 1.00 bits per heavy atom. The van der Waals surface area contributed by atoms with Gasteiger partial charge in [-0.25, -0.2) is 0 Å². The van der Waals surface area contributed by atoms with E-state index in [1.807, 2.05) is 12.1 Å². The molecule has 118 valence electrons. The third-order valence-corrected chi connectivity index (χ3v) is 4.94. The van der Waals surface area contributed by atoms with E-state index in [9.17, 15) is 0 Å². The molecule has 0 aliphatic heterocycles. The molecule has 0 bridgehead atoms. The van der Waals surface area contributed by atoms with Crippen molar-refractivity contribution in [3.05, 3.63) is 91.0 Å². The van der Waals surface area contributed by atoms with Gasteiger partial charge in [-0.05, 0) is 67.7 Å². The van der Waals surface area contributed by atoms with E-state index >= 15 is 0 Å². The molecule has 1 heteroatoms. The molecule has 0 saturated carbocycles. The van der Waals surface area contributed by atoms with E-state index < -0.39 is 0 Å². The maximum Gasteiger partial charge on any atom is 0.0320 e. The van der Waals surface area contributed by atoms with Crippen LogP contribution in [0.4, 0.5) is 5.69 Å². The van der Waals surface area contributed by atoms with E-state index in [-0.39, 0.29) is 0 Å². The smallest absolute Gasteiger partial charge is 0.0320 e. The van der Waals surface area contributed by atoms with Crippen molar-refractivity contribution in [2.45, 2.75) is 0 Å². The van der Waals surface area contributed by atoms with Crippen LogP contribution in [0.2, 0.25) is 0 Å². The molecule has 0 heterocycles. The topological polar surface area (TPSA) is 26.0 Å². The first-order valence-corrected chi connectivity index (χ1v) is 8.49. The molecular formula is C24H17N. The lowest BCUT2D eigenvalue weighted by molar-refractivity contribution is 1.68. The van der Waals surface area contributed by atoms with Gasteiger partial charge in [0.1, 0.15) is 0 Å². The standard InChI is InChI=1S/C24H17N/c25-22-10-12-24-21(15-22)8-7-20-14-19(9-11-23(20)24)18-6-5-16-3-1-2-4-17(16)13-18/h1-15H,25H2. The van der Waals surface area contributed by atoms with E-state index in [2.05, 4.69) is 78.9 Å². The van der Waals surface area contributed by atoms with Crippen LogP contribution in [0.5, 0.6) is 0 Å². The molecule has 0 aromatic heterocycles. The quantitative estimate of drug-likeness (QED) is 0.281. The largest absolute Gasteiger partial charge is 0.399 e. The number of nitrogen functional groups attached to an aromatic ring is 1. The lowest BCUT2D eigenvalue weighted by atomic mass is 9.96. The van der Waals surface area contributed by atoms with Crippen molar-refractivity contribution in [3.63, 3.8) is 0 Å². The van der Waals surface area contributed by atoms with Crippen molar-refractivity contribution in [3.8, 4) is 11.1 Å². The summed E-state index contributed by atoms with van der Waals surface area (Å²) in [6, 6.07) is 32.3. The fourth-order valence-electron chi connectivity index (χ4n) is 3.64. The Kier molecular flexibility index (Phi) is 3.01. The summed E-state index contributed by atoms with van der Waals surface area (Å²) in [5.74, 6) is 0. The van der Waals surface area contributed by atoms with E-state index in [4.69, 9.17) is 5.73 Å². The van der Waals surface area contributed by atoms with Gasteiger partial charge >= 0.3 is 0 Å². The predicted octanol–water partition coefficient (Wildman–Crippen LogP) is 6.40. The van der Waals surface area contributed by atoms with Crippen LogP contribution < -0.4 is 5.73 Å². The van der Waals surface area contributed by atoms with Crippen LogP contribution in [0, 0.1) is 0 Å². The monoisotopic (exact) mass is 319 g/mol. The Morgan fingerprint density at radius 3 is 1.80 bits per heavy atom. The van der Waals surface area contributed by atoms with Gasteiger partial charge in [0.05, 0.1) is 0 Å². The Bertz CT molecular complexity index is 1250. The summed E-state index contributed by atoms with van der Waals surface area (Å²) >= 11 is 0. The zero-order valence-electron chi connectivity index (χ0n) is 13.7. The van der Waals surface area contributed by atoms with Crippen molar-refractivity contribution in [1.82, 2.24) is 0 Å². The van der Waals surface area contributed by atoms with E-state index in [0.717, 1.165) is 5.69 Å². The van der Waals surface area contributed by atoms with Gasteiger partial charge in [0.25, 0.3) is 0 Å². The number of rotatable bonds is 1. The van der Waals surface area contributed by atoms with Crippen LogP contribution in [0.3, 0.4) is 0 Å². The Hall–Kier alpha value is -3.32. The molecule has 0 aliphatic rings. The summed E-state index contributed by atoms with van der Waals surface area (Å²) in [7, 11) is 0. The van der Waals surface area contributed by atoms with Crippen LogP contribution in [-0.2, 0) is 0 Å². The minimum atomic E-state index is 0.805. The molecule has 25 heavy (non-hydrogen) atoms. The number of hydrogen-bond acceptors (Lipinski definition) is 1. The second-order valence-electron chi connectivity index (χ2n) is 6.54. The molecule has 5 rings (SSSR count). The first-order chi connectivity index (χ1) is 12.3. The molecule has 1 nitrogen and oxygen atoms in total. The maximum absolute atomic E-state index is 5.91. The van der Waals surface area contributed by atoms with Crippen LogP contribution in [0.1, 0.15) is 0 Å². The summed E-state index contributed by atoms with van der Waals surface area (Å²) in [5.41, 5.74) is 9.21. The molecule has 0 spiro atoms. The molecule has 0 amide bonds. The van der Waals surface area contributed by atoms with Crippen LogP contribution >= 0.6 is 0 Å². The Morgan fingerprint density at radius 1 is 0.440 bits per heavy atom. The van der Waals surface area contributed by atoms with Crippen molar-refractivity contribution in [2.75, 3.05) is 5.73 Å². The third kappa shape index (κ3) is 2.33. The Balaban J connectivity index is 1.71. The lowest BCUT2D eigenvalue weighted by Gasteiger charge is -2.09. The van der Waals surface area contributed by atoms with Gasteiger partial charge in [-0.3, -0.25) is 0 Å². The maximum atomic E-state index is 5.91. The molecule has 0 atom stereocenters. The average Bonchev–Trinajstić information content (AvgIpc) is 2.66. The second-order valence-corrected chi connectivity index (χ2v) is 6.54. The Labute approximate surface area is 146 Å². The lowest BCUT2D eigenvalue weighted by Crippen LogP contribution is -1.85. The highest BCUT2D eigenvalue weighted by atomic mass is 14.5. The summed E-state index contributed by atoms with van der Waals surface area (Å²) in [6.45, 7) is 0. The highest BCUT2D eigenvalue weighted by Crippen LogP contribution is 2.31. The highest BCUT2D eigenvalue weighted by molar-refractivity contribution is 6.09. The zero-order valence-corrected chi connectivity index (χ0v) is 13.7. The fraction of sp³-hybridized carbons (Fsp3) is 0. The number of anilines is 1. The van der Waals surface area contributed by atoms with Crippen LogP contribution in [0.25, 0.3) is 43.4 Å². The van der Waals surface area contributed by atoms with Crippen molar-refractivity contribution in [2.24, 2.45) is 0 Å². The third-order valence-electron chi connectivity index (χ3n) is 4.94. The molecule has 0 saturated heterocycles. The van der Waals surface area contributed by atoms with Gasteiger partial charge in [-0.15, -0.1) is 0 Å². The first kappa shape index (κ1) is 14.1. The number of benzene rings is 5. The van der Waals surface area contributed by atoms with Crippen molar-refractivity contribution in [1.29, 1.82) is 0 Å². The normalized spacial score (nSPS) is 11.4.